The Balaban J connectivity index is 1.10. The summed E-state index contributed by atoms with van der Waals surface area (Å²) in [6, 6.07) is 13.4. The smallest absolute Gasteiger partial charge is 0.260 e. The third kappa shape index (κ3) is 8.69. The number of hydrogen-bond acceptors (Lipinski definition) is 8. The Morgan fingerprint density at radius 3 is 2.59 bits per heavy atom. The molecule has 2 aromatic carbocycles. The molecular formula is C29H38N4O6. The van der Waals surface area contributed by atoms with Gasteiger partial charge in [0.05, 0.1) is 18.9 Å². The molecule has 2 aliphatic heterocycles. The van der Waals surface area contributed by atoms with Crippen LogP contribution in [0.4, 0.5) is 0 Å². The lowest BCUT2D eigenvalue weighted by Crippen LogP contribution is -2.46. The molecule has 0 radical (unpaired) electrons. The fraction of sp³-hybridized carbons (Fsp3) is 0.483. The van der Waals surface area contributed by atoms with Crippen LogP contribution in [0.25, 0.3) is 0 Å². The molecule has 0 aromatic heterocycles. The SMILES string of the molecule is COCCc1ccc(OCCCNC2CCN(C(=O)COc3ccc(C4=NNC(=O)CC4)cc3O)CC2)cc1. The molecule has 10 nitrogen and oxygen atoms in total. The highest BCUT2D eigenvalue weighted by Crippen LogP contribution is 2.28. The molecule has 2 aliphatic rings. The van der Waals surface area contributed by atoms with Crippen LogP contribution in [0, 0.1) is 0 Å². The van der Waals surface area contributed by atoms with Gasteiger partial charge in [-0.3, -0.25) is 9.59 Å². The zero-order valence-corrected chi connectivity index (χ0v) is 22.5. The Morgan fingerprint density at radius 2 is 1.90 bits per heavy atom. The highest BCUT2D eigenvalue weighted by molar-refractivity contribution is 6.04. The second-order valence-electron chi connectivity index (χ2n) is 9.76. The van der Waals surface area contributed by atoms with Gasteiger partial charge in [0.1, 0.15) is 5.75 Å². The number of aromatic hydroxyl groups is 1. The second kappa shape index (κ2) is 14.5. The van der Waals surface area contributed by atoms with Crippen LogP contribution in [-0.4, -0.2) is 80.1 Å². The van der Waals surface area contributed by atoms with E-state index in [1.165, 1.54) is 5.56 Å². The van der Waals surface area contributed by atoms with Gasteiger partial charge in [-0.25, -0.2) is 5.43 Å². The molecule has 2 aromatic rings. The number of phenols is 1. The van der Waals surface area contributed by atoms with Gasteiger partial charge in [-0.05, 0) is 68.1 Å². The standard InChI is InChI=1S/C29H38N4O6/c1-37-18-13-21-3-6-24(7-4-21)38-17-2-14-30-23-11-15-33(16-12-23)29(36)20-39-27-9-5-22(19-26(27)34)25-8-10-28(35)32-31-25/h3-7,9,19,23,30,34H,2,8,10-18,20H2,1H3,(H,32,35). The number of rotatable bonds is 13. The molecule has 0 bridgehead atoms. The fourth-order valence-corrected chi connectivity index (χ4v) is 4.61. The van der Waals surface area contributed by atoms with Gasteiger partial charge in [0.25, 0.3) is 5.91 Å². The number of carbonyl (C=O) groups excluding carboxylic acids is 2. The van der Waals surface area contributed by atoms with E-state index in [-0.39, 0.29) is 29.9 Å². The summed E-state index contributed by atoms with van der Waals surface area (Å²) < 4.78 is 16.5. The van der Waals surface area contributed by atoms with Crippen molar-refractivity contribution >= 4 is 17.5 Å². The van der Waals surface area contributed by atoms with Crippen LogP contribution in [0.3, 0.4) is 0 Å². The van der Waals surface area contributed by atoms with E-state index in [0.29, 0.717) is 56.5 Å². The number of piperidine rings is 1. The van der Waals surface area contributed by atoms with Crippen LogP contribution in [0.5, 0.6) is 17.2 Å². The van der Waals surface area contributed by atoms with Gasteiger partial charge in [0.15, 0.2) is 18.1 Å². The summed E-state index contributed by atoms with van der Waals surface area (Å²) in [5, 5.41) is 17.9. The zero-order valence-electron chi connectivity index (χ0n) is 22.5. The van der Waals surface area contributed by atoms with E-state index >= 15 is 0 Å². The first-order chi connectivity index (χ1) is 19.0. The number of phenolic OH excluding ortho intramolecular Hbond substituents is 1. The molecule has 39 heavy (non-hydrogen) atoms. The number of ether oxygens (including phenoxy) is 3. The maximum absolute atomic E-state index is 12.7. The average Bonchev–Trinajstić information content (AvgIpc) is 2.96. The first kappa shape index (κ1) is 28.4. The average molecular weight is 539 g/mol. The molecule has 3 N–H and O–H groups in total. The van der Waals surface area contributed by atoms with Crippen molar-refractivity contribution < 1.29 is 28.9 Å². The highest BCUT2D eigenvalue weighted by Gasteiger charge is 2.23. The van der Waals surface area contributed by atoms with Crippen LogP contribution in [0.15, 0.2) is 47.6 Å². The molecule has 2 heterocycles. The third-order valence-electron chi connectivity index (χ3n) is 6.94. The van der Waals surface area contributed by atoms with E-state index in [1.54, 1.807) is 25.3 Å². The molecule has 2 amide bonds. The first-order valence-electron chi connectivity index (χ1n) is 13.5. The summed E-state index contributed by atoms with van der Waals surface area (Å²) in [4.78, 5) is 25.7. The Hall–Kier alpha value is -3.63. The number of nitrogens with one attached hydrogen (secondary N) is 2. The second-order valence-corrected chi connectivity index (χ2v) is 9.76. The van der Waals surface area contributed by atoms with Crippen molar-refractivity contribution in [2.24, 2.45) is 5.10 Å². The summed E-state index contributed by atoms with van der Waals surface area (Å²) >= 11 is 0. The van der Waals surface area contributed by atoms with Crippen molar-refractivity contribution in [2.75, 3.05) is 46.6 Å². The summed E-state index contributed by atoms with van der Waals surface area (Å²) in [7, 11) is 1.71. The lowest BCUT2D eigenvalue weighted by molar-refractivity contribution is -0.134. The zero-order chi connectivity index (χ0) is 27.5. The highest BCUT2D eigenvalue weighted by atomic mass is 16.5. The van der Waals surface area contributed by atoms with Gasteiger partial charge in [0, 0.05) is 44.6 Å². The van der Waals surface area contributed by atoms with Gasteiger partial charge in [-0.15, -0.1) is 0 Å². The summed E-state index contributed by atoms with van der Waals surface area (Å²) in [5.41, 5.74) is 5.08. The molecule has 4 rings (SSSR count). The predicted molar refractivity (Wildman–Crippen MR) is 147 cm³/mol. The number of benzene rings is 2. The molecule has 0 unspecified atom stereocenters. The van der Waals surface area contributed by atoms with Crippen molar-refractivity contribution in [1.82, 2.24) is 15.6 Å². The number of likely N-dealkylation sites (tertiary alicyclic amines) is 1. The van der Waals surface area contributed by atoms with Crippen molar-refractivity contribution in [1.29, 1.82) is 0 Å². The lowest BCUT2D eigenvalue weighted by atomic mass is 10.0. The van der Waals surface area contributed by atoms with E-state index < -0.39 is 0 Å². The summed E-state index contributed by atoms with van der Waals surface area (Å²) in [6.45, 7) is 3.43. The maximum atomic E-state index is 12.7. The third-order valence-corrected chi connectivity index (χ3v) is 6.94. The molecule has 0 aliphatic carbocycles. The van der Waals surface area contributed by atoms with Crippen LogP contribution >= 0.6 is 0 Å². The predicted octanol–water partition coefficient (Wildman–Crippen LogP) is 2.62. The van der Waals surface area contributed by atoms with E-state index in [2.05, 4.69) is 28.0 Å². The van der Waals surface area contributed by atoms with Gasteiger partial charge in [-0.2, -0.15) is 5.10 Å². The minimum absolute atomic E-state index is 0.0640. The normalized spacial score (nSPS) is 16.0. The first-order valence-corrected chi connectivity index (χ1v) is 13.5. The summed E-state index contributed by atoms with van der Waals surface area (Å²) in [5.74, 6) is 0.836. The van der Waals surface area contributed by atoms with E-state index in [0.717, 1.165) is 38.0 Å². The number of nitrogens with zero attached hydrogens (tertiary/aromatic N) is 2. The molecular weight excluding hydrogens is 500 g/mol. The van der Waals surface area contributed by atoms with Crippen molar-refractivity contribution in [3.8, 4) is 17.2 Å². The summed E-state index contributed by atoms with van der Waals surface area (Å²) in [6.07, 6.45) is 4.44. The Morgan fingerprint density at radius 1 is 1.10 bits per heavy atom. The monoisotopic (exact) mass is 538 g/mol. The van der Waals surface area contributed by atoms with Crippen LogP contribution in [-0.2, 0) is 20.7 Å². The molecule has 10 heteroatoms. The topological polar surface area (TPSA) is 122 Å². The Bertz CT molecular complexity index is 1130. The van der Waals surface area contributed by atoms with E-state index in [4.69, 9.17) is 14.2 Å². The molecule has 0 atom stereocenters. The van der Waals surface area contributed by atoms with Gasteiger partial charge in [0.2, 0.25) is 5.91 Å². The largest absolute Gasteiger partial charge is 0.504 e. The van der Waals surface area contributed by atoms with Crippen LogP contribution in [0.1, 0.15) is 43.2 Å². The Kier molecular flexibility index (Phi) is 10.6. The van der Waals surface area contributed by atoms with Crippen molar-refractivity contribution in [2.45, 2.75) is 44.6 Å². The maximum Gasteiger partial charge on any atom is 0.260 e. The molecule has 210 valence electrons. The molecule has 0 saturated carbocycles. The quantitative estimate of drug-likeness (QED) is 0.335. The van der Waals surface area contributed by atoms with Crippen molar-refractivity contribution in [3.63, 3.8) is 0 Å². The van der Waals surface area contributed by atoms with Crippen LogP contribution in [0.2, 0.25) is 0 Å². The van der Waals surface area contributed by atoms with E-state index in [1.807, 2.05) is 17.0 Å². The van der Waals surface area contributed by atoms with Crippen molar-refractivity contribution in [3.05, 3.63) is 53.6 Å². The number of hydrazone groups is 1. The molecule has 0 spiro atoms. The molecule has 1 saturated heterocycles. The van der Waals surface area contributed by atoms with Gasteiger partial charge >= 0.3 is 0 Å². The Labute approximate surface area is 229 Å². The number of methoxy groups -OCH3 is 1. The molecule has 1 fully saturated rings. The number of carbonyl (C=O) groups is 2. The number of hydrogen-bond donors (Lipinski definition) is 3. The minimum Gasteiger partial charge on any atom is -0.504 e. The van der Waals surface area contributed by atoms with Crippen LogP contribution < -0.4 is 20.2 Å². The van der Waals surface area contributed by atoms with Gasteiger partial charge < -0.3 is 29.5 Å². The van der Waals surface area contributed by atoms with E-state index in [9.17, 15) is 14.7 Å². The lowest BCUT2D eigenvalue weighted by Gasteiger charge is -2.32. The fourth-order valence-electron chi connectivity index (χ4n) is 4.61. The number of amides is 2. The minimum atomic E-state index is -0.132. The van der Waals surface area contributed by atoms with Gasteiger partial charge in [-0.1, -0.05) is 12.1 Å².